The number of anilines is 2. The molecule has 0 aliphatic carbocycles. The zero-order valence-corrected chi connectivity index (χ0v) is 19.2. The Morgan fingerprint density at radius 1 is 0.853 bits per heavy atom. The summed E-state index contributed by atoms with van der Waals surface area (Å²) in [5.41, 5.74) is 11.2. The van der Waals surface area contributed by atoms with Crippen LogP contribution in [0.1, 0.15) is 25.7 Å². The van der Waals surface area contributed by atoms with Crippen LogP contribution >= 0.6 is 0 Å². The molecule has 0 unspecified atom stereocenters. The molecule has 0 spiro atoms. The van der Waals surface area contributed by atoms with Crippen molar-refractivity contribution in [2.75, 3.05) is 42.5 Å². The first-order chi connectivity index (χ1) is 16.7. The van der Waals surface area contributed by atoms with Crippen LogP contribution in [0.25, 0.3) is 16.1 Å². The Labute approximate surface area is 198 Å². The van der Waals surface area contributed by atoms with E-state index < -0.39 is 0 Å². The SMILES string of the molecule is [N-]=[N+]=NCCCCCCn1ncn(-c2ccc(N3CCN(c4ccc(O)cc4)CC3)cc2)c1=O. The molecule has 0 atom stereocenters. The minimum Gasteiger partial charge on any atom is -0.508 e. The summed E-state index contributed by atoms with van der Waals surface area (Å²) in [4.78, 5) is 20.1. The van der Waals surface area contributed by atoms with Gasteiger partial charge < -0.3 is 14.9 Å². The first-order valence-electron chi connectivity index (χ1n) is 11.7. The quantitative estimate of drug-likeness (QED) is 0.212. The molecule has 2 aromatic carbocycles. The Morgan fingerprint density at radius 2 is 1.41 bits per heavy atom. The lowest BCUT2D eigenvalue weighted by Gasteiger charge is -2.37. The van der Waals surface area contributed by atoms with Crippen molar-refractivity contribution in [2.45, 2.75) is 32.2 Å². The van der Waals surface area contributed by atoms with Crippen LogP contribution in [0.2, 0.25) is 0 Å². The lowest BCUT2D eigenvalue weighted by Crippen LogP contribution is -2.46. The molecule has 10 nitrogen and oxygen atoms in total. The van der Waals surface area contributed by atoms with Crippen LogP contribution in [0, 0.1) is 0 Å². The monoisotopic (exact) mass is 462 g/mol. The predicted molar refractivity (Wildman–Crippen MR) is 133 cm³/mol. The number of nitrogens with zero attached hydrogens (tertiary/aromatic N) is 8. The summed E-state index contributed by atoms with van der Waals surface area (Å²) in [5.74, 6) is 0.283. The van der Waals surface area contributed by atoms with Gasteiger partial charge in [0, 0.05) is 55.6 Å². The van der Waals surface area contributed by atoms with Gasteiger partial charge in [0.2, 0.25) is 0 Å². The number of unbranched alkanes of at least 4 members (excludes halogenated alkanes) is 3. The summed E-state index contributed by atoms with van der Waals surface area (Å²) in [5, 5.41) is 17.3. The third kappa shape index (κ3) is 5.71. The van der Waals surface area contributed by atoms with E-state index in [1.807, 2.05) is 24.3 Å². The standard InChI is InChI=1S/C24H30N8O2/c25-28-26-13-3-1-2-4-14-32-24(34)31(19-27-32)22-7-5-20(6-8-22)29-15-17-30(18-16-29)21-9-11-23(33)12-10-21/h5-12,19,33H,1-4,13-18H2. The molecule has 1 N–H and O–H groups in total. The molecule has 3 aromatic rings. The third-order valence-electron chi connectivity index (χ3n) is 6.16. The predicted octanol–water partition coefficient (Wildman–Crippen LogP) is 3.94. The summed E-state index contributed by atoms with van der Waals surface area (Å²) < 4.78 is 3.08. The van der Waals surface area contributed by atoms with Crippen molar-refractivity contribution >= 4 is 11.4 Å². The summed E-state index contributed by atoms with van der Waals surface area (Å²) in [6.45, 7) is 4.72. The maximum absolute atomic E-state index is 12.7. The van der Waals surface area contributed by atoms with Crippen LogP contribution < -0.4 is 15.5 Å². The summed E-state index contributed by atoms with van der Waals surface area (Å²) in [6, 6.07) is 15.4. The van der Waals surface area contributed by atoms with Gasteiger partial charge in [0.05, 0.1) is 5.69 Å². The number of benzene rings is 2. The fraction of sp³-hybridized carbons (Fsp3) is 0.417. The fourth-order valence-corrected chi connectivity index (χ4v) is 4.22. The van der Waals surface area contributed by atoms with Gasteiger partial charge in [-0.05, 0) is 66.9 Å². The second kappa shape index (κ2) is 11.3. The average molecular weight is 463 g/mol. The van der Waals surface area contributed by atoms with E-state index in [-0.39, 0.29) is 11.4 Å². The minimum absolute atomic E-state index is 0.135. The van der Waals surface area contributed by atoms with Crippen LogP contribution in [-0.4, -0.2) is 52.2 Å². The van der Waals surface area contributed by atoms with Gasteiger partial charge in [-0.1, -0.05) is 18.0 Å². The molecule has 0 amide bonds. The van der Waals surface area contributed by atoms with Gasteiger partial charge in [-0.25, -0.2) is 14.0 Å². The van der Waals surface area contributed by atoms with Crippen LogP contribution in [-0.2, 0) is 6.54 Å². The maximum atomic E-state index is 12.7. The Kier molecular flexibility index (Phi) is 7.72. The van der Waals surface area contributed by atoms with Crippen LogP contribution in [0.15, 0.2) is 64.8 Å². The van der Waals surface area contributed by atoms with E-state index in [9.17, 15) is 9.90 Å². The van der Waals surface area contributed by atoms with E-state index in [2.05, 4.69) is 37.1 Å². The molecule has 178 valence electrons. The molecule has 4 rings (SSSR count). The second-order valence-corrected chi connectivity index (χ2v) is 8.38. The van der Waals surface area contributed by atoms with Crippen molar-refractivity contribution in [3.05, 3.63) is 75.8 Å². The van der Waals surface area contributed by atoms with E-state index in [1.54, 1.807) is 23.0 Å². The molecular formula is C24H30N8O2. The van der Waals surface area contributed by atoms with Crippen LogP contribution in [0.4, 0.5) is 11.4 Å². The highest BCUT2D eigenvalue weighted by molar-refractivity contribution is 5.54. The highest BCUT2D eigenvalue weighted by Gasteiger charge is 2.18. The van der Waals surface area contributed by atoms with Crippen molar-refractivity contribution < 1.29 is 5.11 Å². The van der Waals surface area contributed by atoms with Crippen molar-refractivity contribution in [1.82, 2.24) is 14.3 Å². The number of hydrogen-bond acceptors (Lipinski definition) is 6. The van der Waals surface area contributed by atoms with Gasteiger partial charge >= 0.3 is 5.69 Å². The maximum Gasteiger partial charge on any atom is 0.350 e. The number of rotatable bonds is 10. The normalized spacial score (nSPS) is 13.6. The average Bonchev–Trinajstić information content (AvgIpc) is 3.24. The van der Waals surface area contributed by atoms with Crippen molar-refractivity contribution in [2.24, 2.45) is 5.11 Å². The summed E-state index contributed by atoms with van der Waals surface area (Å²) in [7, 11) is 0. The topological polar surface area (TPSA) is 115 Å². The lowest BCUT2D eigenvalue weighted by molar-refractivity contribution is 0.475. The Hall–Kier alpha value is -3.91. The molecule has 1 aromatic heterocycles. The Morgan fingerprint density at radius 3 is 2.03 bits per heavy atom. The smallest absolute Gasteiger partial charge is 0.350 e. The van der Waals surface area contributed by atoms with Crippen molar-refractivity contribution in [3.63, 3.8) is 0 Å². The van der Waals surface area contributed by atoms with E-state index in [1.165, 1.54) is 4.68 Å². The first kappa shape index (κ1) is 23.3. The number of aromatic nitrogens is 3. The molecule has 34 heavy (non-hydrogen) atoms. The van der Waals surface area contributed by atoms with E-state index in [4.69, 9.17) is 5.53 Å². The molecule has 1 aliphatic heterocycles. The first-order valence-corrected chi connectivity index (χ1v) is 11.7. The number of aryl methyl sites for hydroxylation is 1. The van der Waals surface area contributed by atoms with Crippen LogP contribution in [0.5, 0.6) is 5.75 Å². The molecule has 1 fully saturated rings. The zero-order valence-electron chi connectivity index (χ0n) is 19.2. The second-order valence-electron chi connectivity index (χ2n) is 8.38. The zero-order chi connectivity index (χ0) is 23.8. The fourth-order valence-electron chi connectivity index (χ4n) is 4.22. The number of azide groups is 1. The molecule has 0 saturated carbocycles. The molecule has 1 aliphatic rings. The largest absolute Gasteiger partial charge is 0.508 e. The van der Waals surface area contributed by atoms with Gasteiger partial charge in [0.1, 0.15) is 12.1 Å². The lowest BCUT2D eigenvalue weighted by atomic mass is 10.2. The number of phenols is 1. The Balaban J connectivity index is 1.29. The number of phenolic OH excluding ortho intramolecular Hbond substituents is 1. The van der Waals surface area contributed by atoms with E-state index in [0.29, 0.717) is 13.1 Å². The van der Waals surface area contributed by atoms with Crippen LogP contribution in [0.3, 0.4) is 0 Å². The highest BCUT2D eigenvalue weighted by atomic mass is 16.3. The van der Waals surface area contributed by atoms with Gasteiger partial charge in [0.25, 0.3) is 0 Å². The molecule has 1 saturated heterocycles. The minimum atomic E-state index is -0.135. The molecule has 10 heteroatoms. The molecule has 0 bridgehead atoms. The molecule has 0 radical (unpaired) electrons. The molecule has 2 heterocycles. The van der Waals surface area contributed by atoms with E-state index >= 15 is 0 Å². The summed E-state index contributed by atoms with van der Waals surface area (Å²) in [6.07, 6.45) is 5.25. The van der Waals surface area contributed by atoms with Crippen molar-refractivity contribution in [1.29, 1.82) is 0 Å². The highest BCUT2D eigenvalue weighted by Crippen LogP contribution is 2.23. The van der Waals surface area contributed by atoms with Crippen molar-refractivity contribution in [3.8, 4) is 11.4 Å². The third-order valence-corrected chi connectivity index (χ3v) is 6.16. The number of piperazine rings is 1. The van der Waals surface area contributed by atoms with Gasteiger partial charge in [-0.3, -0.25) is 0 Å². The Bertz CT molecular complexity index is 1150. The number of aromatic hydroxyl groups is 1. The van der Waals surface area contributed by atoms with Gasteiger partial charge in [-0.2, -0.15) is 5.10 Å². The molecular weight excluding hydrogens is 432 g/mol. The van der Waals surface area contributed by atoms with Gasteiger partial charge in [-0.15, -0.1) is 0 Å². The van der Waals surface area contributed by atoms with E-state index in [0.717, 1.165) is 68.9 Å². The number of hydrogen-bond donors (Lipinski definition) is 1. The van der Waals surface area contributed by atoms with Gasteiger partial charge in [0.15, 0.2) is 0 Å². The summed E-state index contributed by atoms with van der Waals surface area (Å²) >= 11 is 0.